The number of hydrogen-bond acceptors (Lipinski definition) is 1. The molecule has 1 aliphatic rings. The van der Waals surface area contributed by atoms with Crippen molar-refractivity contribution in [2.75, 3.05) is 13.1 Å². The zero-order valence-corrected chi connectivity index (χ0v) is 11.3. The second-order valence-corrected chi connectivity index (χ2v) is 5.61. The zero-order chi connectivity index (χ0) is 12.1. The van der Waals surface area contributed by atoms with E-state index in [0.717, 1.165) is 13.1 Å². The summed E-state index contributed by atoms with van der Waals surface area (Å²) in [5.74, 6) is 0. The molecule has 17 heavy (non-hydrogen) atoms. The van der Waals surface area contributed by atoms with Gasteiger partial charge in [0.1, 0.15) is 0 Å². The van der Waals surface area contributed by atoms with Gasteiger partial charge in [-0.3, -0.25) is 0 Å². The topological polar surface area (TPSA) is 12.0 Å². The van der Waals surface area contributed by atoms with Crippen LogP contribution in [-0.2, 0) is 11.8 Å². The maximum absolute atomic E-state index is 3.45. The van der Waals surface area contributed by atoms with Crippen molar-refractivity contribution in [3.8, 4) is 0 Å². The lowest BCUT2D eigenvalue weighted by molar-refractivity contribution is 0.335. The highest BCUT2D eigenvalue weighted by Crippen LogP contribution is 2.32. The van der Waals surface area contributed by atoms with Crippen molar-refractivity contribution in [1.82, 2.24) is 5.32 Å². The normalized spacial score (nSPS) is 19.2. The van der Waals surface area contributed by atoms with E-state index in [1.54, 1.807) is 0 Å². The smallest absolute Gasteiger partial charge is 0.00405 e. The molecule has 2 rings (SSSR count). The molecule has 0 unspecified atom stereocenters. The summed E-state index contributed by atoms with van der Waals surface area (Å²) in [6.45, 7) is 6.99. The first-order valence-electron chi connectivity index (χ1n) is 7.05. The summed E-state index contributed by atoms with van der Waals surface area (Å²) in [6, 6.07) is 9.38. The second kappa shape index (κ2) is 5.68. The minimum atomic E-state index is 0.397. The van der Waals surface area contributed by atoms with Crippen molar-refractivity contribution in [2.24, 2.45) is 0 Å². The molecule has 1 aromatic rings. The Labute approximate surface area is 106 Å². The molecule has 0 saturated carbocycles. The third kappa shape index (κ3) is 3.10. The minimum absolute atomic E-state index is 0.397. The maximum Gasteiger partial charge on any atom is -0.00405 e. The monoisotopic (exact) mass is 231 g/mol. The van der Waals surface area contributed by atoms with Crippen molar-refractivity contribution in [1.29, 1.82) is 0 Å². The summed E-state index contributed by atoms with van der Waals surface area (Å²) in [6.07, 6.45) is 6.35. The van der Waals surface area contributed by atoms with Gasteiger partial charge in [0.25, 0.3) is 0 Å². The average Bonchev–Trinajstić information content (AvgIpc) is 2.38. The van der Waals surface area contributed by atoms with Crippen LogP contribution in [0.3, 0.4) is 0 Å². The van der Waals surface area contributed by atoms with Crippen LogP contribution in [0.5, 0.6) is 0 Å². The van der Waals surface area contributed by atoms with Gasteiger partial charge in [0, 0.05) is 0 Å². The molecular formula is C16H25N. The molecule has 0 atom stereocenters. The number of aryl methyl sites for hydroxylation is 1. The summed E-state index contributed by atoms with van der Waals surface area (Å²) in [5.41, 5.74) is 3.42. The van der Waals surface area contributed by atoms with E-state index >= 15 is 0 Å². The van der Waals surface area contributed by atoms with Crippen LogP contribution in [0.2, 0.25) is 0 Å². The fourth-order valence-electron chi connectivity index (χ4n) is 2.72. The molecular weight excluding hydrogens is 206 g/mol. The highest BCUT2D eigenvalue weighted by molar-refractivity contribution is 5.29. The van der Waals surface area contributed by atoms with Crippen LogP contribution in [0.15, 0.2) is 24.3 Å². The first-order valence-corrected chi connectivity index (χ1v) is 7.05. The Morgan fingerprint density at radius 1 is 1.12 bits per heavy atom. The van der Waals surface area contributed by atoms with Gasteiger partial charge in [-0.25, -0.2) is 0 Å². The van der Waals surface area contributed by atoms with E-state index in [2.05, 4.69) is 43.4 Å². The van der Waals surface area contributed by atoms with E-state index in [9.17, 15) is 0 Å². The number of unbranched alkanes of at least 4 members (excludes halogenated alkanes) is 1. The summed E-state index contributed by atoms with van der Waals surface area (Å²) < 4.78 is 0. The van der Waals surface area contributed by atoms with Crippen LogP contribution in [0.4, 0.5) is 0 Å². The molecule has 1 nitrogen and oxygen atoms in total. The summed E-state index contributed by atoms with van der Waals surface area (Å²) in [5, 5.41) is 3.45. The number of nitrogens with one attached hydrogen (secondary N) is 1. The molecule has 1 fully saturated rings. The second-order valence-electron chi connectivity index (χ2n) is 5.61. The third-order valence-electron chi connectivity index (χ3n) is 4.18. The van der Waals surface area contributed by atoms with Gasteiger partial charge in [0.05, 0.1) is 0 Å². The first kappa shape index (κ1) is 12.6. The van der Waals surface area contributed by atoms with Crippen LogP contribution in [0.1, 0.15) is 50.7 Å². The molecule has 1 heteroatoms. The molecule has 0 spiro atoms. The van der Waals surface area contributed by atoms with Gasteiger partial charge < -0.3 is 5.32 Å². The van der Waals surface area contributed by atoms with Gasteiger partial charge in [0.15, 0.2) is 0 Å². The Bertz CT molecular complexity index is 333. The predicted molar refractivity (Wildman–Crippen MR) is 74.5 cm³/mol. The zero-order valence-electron chi connectivity index (χ0n) is 11.3. The van der Waals surface area contributed by atoms with E-state index in [4.69, 9.17) is 0 Å². The first-order chi connectivity index (χ1) is 8.24. The molecule has 0 bridgehead atoms. The fraction of sp³-hybridized carbons (Fsp3) is 0.625. The van der Waals surface area contributed by atoms with Crippen molar-refractivity contribution in [3.63, 3.8) is 0 Å². The Morgan fingerprint density at radius 2 is 1.76 bits per heavy atom. The standard InChI is InChI=1S/C16H25N/c1-3-4-5-14-6-8-15(9-7-14)16(2)10-12-17-13-11-16/h6-9,17H,3-5,10-13H2,1-2H3. The molecule has 1 aliphatic heterocycles. The number of piperidine rings is 1. The van der Waals surface area contributed by atoms with Crippen LogP contribution in [-0.4, -0.2) is 13.1 Å². The number of benzene rings is 1. The fourth-order valence-corrected chi connectivity index (χ4v) is 2.72. The lowest BCUT2D eigenvalue weighted by atomic mass is 9.75. The van der Waals surface area contributed by atoms with Crippen molar-refractivity contribution in [2.45, 2.75) is 51.4 Å². The minimum Gasteiger partial charge on any atom is -0.317 e. The van der Waals surface area contributed by atoms with E-state index in [-0.39, 0.29) is 0 Å². The van der Waals surface area contributed by atoms with Gasteiger partial charge in [0.2, 0.25) is 0 Å². The van der Waals surface area contributed by atoms with E-state index in [1.165, 1.54) is 43.2 Å². The molecule has 0 amide bonds. The van der Waals surface area contributed by atoms with Crippen LogP contribution in [0, 0.1) is 0 Å². The largest absolute Gasteiger partial charge is 0.317 e. The number of hydrogen-bond donors (Lipinski definition) is 1. The molecule has 1 saturated heterocycles. The van der Waals surface area contributed by atoms with Gasteiger partial charge in [-0.1, -0.05) is 44.5 Å². The maximum atomic E-state index is 3.45. The molecule has 1 aromatic carbocycles. The lowest BCUT2D eigenvalue weighted by Gasteiger charge is -2.34. The van der Waals surface area contributed by atoms with Crippen LogP contribution >= 0.6 is 0 Å². The van der Waals surface area contributed by atoms with E-state index < -0.39 is 0 Å². The van der Waals surface area contributed by atoms with Gasteiger partial charge >= 0.3 is 0 Å². The molecule has 0 aliphatic carbocycles. The molecule has 94 valence electrons. The van der Waals surface area contributed by atoms with Crippen LogP contribution < -0.4 is 5.32 Å². The van der Waals surface area contributed by atoms with Gasteiger partial charge in [-0.2, -0.15) is 0 Å². The summed E-state index contributed by atoms with van der Waals surface area (Å²) >= 11 is 0. The Balaban J connectivity index is 2.06. The molecule has 1 N–H and O–H groups in total. The van der Waals surface area contributed by atoms with Crippen molar-refractivity contribution in [3.05, 3.63) is 35.4 Å². The Kier molecular flexibility index (Phi) is 4.22. The van der Waals surface area contributed by atoms with Gasteiger partial charge in [-0.05, 0) is 55.3 Å². The van der Waals surface area contributed by atoms with Gasteiger partial charge in [-0.15, -0.1) is 0 Å². The predicted octanol–water partition coefficient (Wildman–Crippen LogP) is 3.67. The summed E-state index contributed by atoms with van der Waals surface area (Å²) in [4.78, 5) is 0. The van der Waals surface area contributed by atoms with Crippen molar-refractivity contribution < 1.29 is 0 Å². The Morgan fingerprint density at radius 3 is 2.35 bits per heavy atom. The third-order valence-corrected chi connectivity index (χ3v) is 4.18. The van der Waals surface area contributed by atoms with E-state index in [0.29, 0.717) is 5.41 Å². The quantitative estimate of drug-likeness (QED) is 0.833. The Hall–Kier alpha value is -0.820. The molecule has 0 aromatic heterocycles. The number of rotatable bonds is 4. The SMILES string of the molecule is CCCCc1ccc(C2(C)CCNCC2)cc1. The molecule has 1 heterocycles. The van der Waals surface area contributed by atoms with E-state index in [1.807, 2.05) is 0 Å². The highest BCUT2D eigenvalue weighted by Gasteiger charge is 2.28. The average molecular weight is 231 g/mol. The summed E-state index contributed by atoms with van der Waals surface area (Å²) in [7, 11) is 0. The lowest BCUT2D eigenvalue weighted by Crippen LogP contribution is -2.37. The highest BCUT2D eigenvalue weighted by atomic mass is 14.9. The van der Waals surface area contributed by atoms with Crippen LogP contribution in [0.25, 0.3) is 0 Å². The molecule has 0 radical (unpaired) electrons. The van der Waals surface area contributed by atoms with Crippen molar-refractivity contribution >= 4 is 0 Å².